The second kappa shape index (κ2) is 6.42. The predicted molar refractivity (Wildman–Crippen MR) is 72.3 cm³/mol. The van der Waals surface area contributed by atoms with Crippen LogP contribution >= 0.6 is 0 Å². The first-order valence-corrected chi connectivity index (χ1v) is 6.07. The predicted octanol–water partition coefficient (Wildman–Crippen LogP) is 2.53. The van der Waals surface area contributed by atoms with E-state index in [2.05, 4.69) is 29.0 Å². The molecule has 2 heterocycles. The maximum absolute atomic E-state index is 5.61. The molecule has 0 aromatic heterocycles. The van der Waals surface area contributed by atoms with Crippen LogP contribution in [-0.2, 0) is 9.47 Å². The number of ether oxygens (including phenoxy) is 2. The highest BCUT2D eigenvalue weighted by molar-refractivity contribution is 5.64. The number of rotatable bonds is 1. The SMILES string of the molecule is C1=NCOC1.Cc1ccccc1C1N=CC(C)O1. The molecular formula is C14H18N2O2. The zero-order valence-corrected chi connectivity index (χ0v) is 10.7. The molecule has 0 saturated carbocycles. The summed E-state index contributed by atoms with van der Waals surface area (Å²) in [6.07, 6.45) is 3.68. The third-order valence-electron chi connectivity index (χ3n) is 2.72. The van der Waals surface area contributed by atoms with Crippen molar-refractivity contribution < 1.29 is 9.47 Å². The van der Waals surface area contributed by atoms with Crippen molar-refractivity contribution in [1.82, 2.24) is 0 Å². The van der Waals surface area contributed by atoms with Crippen LogP contribution in [0.2, 0.25) is 0 Å². The van der Waals surface area contributed by atoms with E-state index in [1.54, 1.807) is 6.21 Å². The molecule has 4 heteroatoms. The minimum absolute atomic E-state index is 0.0869. The molecule has 1 aromatic rings. The van der Waals surface area contributed by atoms with Crippen molar-refractivity contribution in [3.8, 4) is 0 Å². The van der Waals surface area contributed by atoms with Gasteiger partial charge in [-0.15, -0.1) is 0 Å². The molecule has 96 valence electrons. The Bertz CT molecular complexity index is 437. The largest absolute Gasteiger partial charge is 0.354 e. The Labute approximate surface area is 107 Å². The number of aliphatic imine (C=N–C) groups is 2. The van der Waals surface area contributed by atoms with E-state index in [1.165, 1.54) is 11.1 Å². The first kappa shape index (κ1) is 12.9. The molecule has 0 spiro atoms. The normalized spacial score (nSPS) is 25.0. The minimum atomic E-state index is -0.0869. The molecule has 2 aliphatic rings. The second-order valence-electron chi connectivity index (χ2n) is 4.21. The second-order valence-corrected chi connectivity index (χ2v) is 4.21. The molecule has 1 aromatic carbocycles. The van der Waals surface area contributed by atoms with Crippen LogP contribution in [-0.4, -0.2) is 31.9 Å². The summed E-state index contributed by atoms with van der Waals surface area (Å²) in [5.41, 5.74) is 2.40. The highest BCUT2D eigenvalue weighted by Crippen LogP contribution is 2.26. The first-order chi connectivity index (χ1) is 8.77. The summed E-state index contributed by atoms with van der Waals surface area (Å²) in [5, 5.41) is 0. The van der Waals surface area contributed by atoms with E-state index < -0.39 is 0 Å². The molecule has 18 heavy (non-hydrogen) atoms. The van der Waals surface area contributed by atoms with Gasteiger partial charge in [0.15, 0.2) is 6.23 Å². The van der Waals surface area contributed by atoms with Crippen LogP contribution in [0.25, 0.3) is 0 Å². The molecule has 0 aliphatic carbocycles. The van der Waals surface area contributed by atoms with E-state index in [1.807, 2.05) is 25.3 Å². The fourth-order valence-electron chi connectivity index (χ4n) is 1.75. The fourth-order valence-corrected chi connectivity index (χ4v) is 1.75. The molecule has 0 bridgehead atoms. The van der Waals surface area contributed by atoms with E-state index in [0.29, 0.717) is 13.3 Å². The Morgan fingerprint density at radius 3 is 2.61 bits per heavy atom. The van der Waals surface area contributed by atoms with Crippen molar-refractivity contribution in [3.63, 3.8) is 0 Å². The van der Waals surface area contributed by atoms with Crippen LogP contribution in [0.5, 0.6) is 0 Å². The number of aryl methyl sites for hydroxylation is 1. The minimum Gasteiger partial charge on any atom is -0.354 e. The lowest BCUT2D eigenvalue weighted by atomic mass is 10.1. The fraction of sp³-hybridized carbons (Fsp3) is 0.429. The first-order valence-electron chi connectivity index (χ1n) is 6.07. The number of hydrogen-bond donors (Lipinski definition) is 0. The van der Waals surface area contributed by atoms with Gasteiger partial charge in [-0.2, -0.15) is 0 Å². The van der Waals surface area contributed by atoms with Crippen LogP contribution in [0, 0.1) is 6.92 Å². The molecule has 2 aliphatic heterocycles. The van der Waals surface area contributed by atoms with Gasteiger partial charge in [0.25, 0.3) is 0 Å². The van der Waals surface area contributed by atoms with Crippen molar-refractivity contribution in [2.75, 3.05) is 13.3 Å². The molecule has 4 nitrogen and oxygen atoms in total. The Kier molecular flexibility index (Phi) is 4.61. The maximum Gasteiger partial charge on any atom is 0.174 e. The molecule has 0 saturated heterocycles. The van der Waals surface area contributed by atoms with Gasteiger partial charge in [-0.05, 0) is 19.4 Å². The molecule has 0 fully saturated rings. The smallest absolute Gasteiger partial charge is 0.174 e. The summed E-state index contributed by atoms with van der Waals surface area (Å²) < 4.78 is 10.3. The van der Waals surface area contributed by atoms with Gasteiger partial charge < -0.3 is 9.47 Å². The lowest BCUT2D eigenvalue weighted by molar-refractivity contribution is 0.0602. The van der Waals surface area contributed by atoms with Gasteiger partial charge in [-0.1, -0.05) is 24.3 Å². The molecular weight excluding hydrogens is 228 g/mol. The molecule has 3 rings (SSSR count). The third-order valence-corrected chi connectivity index (χ3v) is 2.72. The monoisotopic (exact) mass is 246 g/mol. The lowest BCUT2D eigenvalue weighted by Crippen LogP contribution is -2.05. The Hall–Kier alpha value is -1.52. The average molecular weight is 246 g/mol. The summed E-state index contributed by atoms with van der Waals surface area (Å²) in [5.74, 6) is 0. The van der Waals surface area contributed by atoms with Gasteiger partial charge in [0.1, 0.15) is 6.73 Å². The van der Waals surface area contributed by atoms with Gasteiger partial charge in [0, 0.05) is 18.0 Å². The summed E-state index contributed by atoms with van der Waals surface area (Å²) >= 11 is 0. The van der Waals surface area contributed by atoms with E-state index in [4.69, 9.17) is 9.47 Å². The topological polar surface area (TPSA) is 43.2 Å². The van der Waals surface area contributed by atoms with Crippen molar-refractivity contribution in [3.05, 3.63) is 35.4 Å². The quantitative estimate of drug-likeness (QED) is 0.764. The molecule has 2 atom stereocenters. The van der Waals surface area contributed by atoms with Gasteiger partial charge >= 0.3 is 0 Å². The van der Waals surface area contributed by atoms with E-state index >= 15 is 0 Å². The van der Waals surface area contributed by atoms with Crippen LogP contribution in [0.15, 0.2) is 34.3 Å². The zero-order valence-electron chi connectivity index (χ0n) is 10.7. The van der Waals surface area contributed by atoms with Crippen molar-refractivity contribution in [1.29, 1.82) is 0 Å². The van der Waals surface area contributed by atoms with E-state index in [0.717, 1.165) is 0 Å². The molecule has 0 radical (unpaired) electrons. The summed E-state index contributed by atoms with van der Waals surface area (Å²) in [7, 11) is 0. The highest BCUT2D eigenvalue weighted by atomic mass is 16.5. The average Bonchev–Trinajstić information content (AvgIpc) is 3.03. The Balaban J connectivity index is 0.000000202. The number of benzene rings is 1. The standard InChI is InChI=1S/C11H13NO.C3H5NO/c1-8-5-3-4-6-10(8)11-12-7-9(2)13-11;1-2-5-3-4-1/h3-7,9,11H,1-2H3;1H,2-3H2. The Morgan fingerprint density at radius 2 is 2.11 bits per heavy atom. The van der Waals surface area contributed by atoms with Crippen molar-refractivity contribution in [2.45, 2.75) is 26.2 Å². The van der Waals surface area contributed by atoms with Crippen molar-refractivity contribution >= 4 is 12.4 Å². The van der Waals surface area contributed by atoms with Crippen molar-refractivity contribution in [2.24, 2.45) is 9.98 Å². The maximum atomic E-state index is 5.61. The van der Waals surface area contributed by atoms with E-state index in [-0.39, 0.29) is 12.3 Å². The highest BCUT2D eigenvalue weighted by Gasteiger charge is 2.19. The lowest BCUT2D eigenvalue weighted by Gasteiger charge is -2.11. The number of hydrogen-bond acceptors (Lipinski definition) is 4. The van der Waals surface area contributed by atoms with Gasteiger partial charge in [0.05, 0.1) is 12.7 Å². The van der Waals surface area contributed by atoms with Crippen LogP contribution in [0.1, 0.15) is 24.3 Å². The van der Waals surface area contributed by atoms with Crippen LogP contribution < -0.4 is 0 Å². The molecule has 0 amide bonds. The zero-order chi connectivity index (χ0) is 12.8. The molecule has 2 unspecified atom stereocenters. The number of nitrogens with zero attached hydrogens (tertiary/aromatic N) is 2. The Morgan fingerprint density at radius 1 is 1.28 bits per heavy atom. The third kappa shape index (κ3) is 3.48. The molecule has 0 N–H and O–H groups in total. The van der Waals surface area contributed by atoms with Crippen LogP contribution in [0.3, 0.4) is 0 Å². The van der Waals surface area contributed by atoms with Gasteiger partial charge in [-0.25, -0.2) is 0 Å². The van der Waals surface area contributed by atoms with Gasteiger partial charge in [-0.3, -0.25) is 9.98 Å². The van der Waals surface area contributed by atoms with E-state index in [9.17, 15) is 0 Å². The van der Waals surface area contributed by atoms with Gasteiger partial charge in [0.2, 0.25) is 0 Å². The summed E-state index contributed by atoms with van der Waals surface area (Å²) in [4.78, 5) is 8.04. The summed E-state index contributed by atoms with van der Waals surface area (Å²) in [6, 6.07) is 8.19. The summed E-state index contributed by atoms with van der Waals surface area (Å²) in [6.45, 7) is 5.36. The van der Waals surface area contributed by atoms with Crippen LogP contribution in [0.4, 0.5) is 0 Å².